The smallest absolute Gasteiger partial charge is 0.0963 e. The van der Waals surface area contributed by atoms with Crippen molar-refractivity contribution in [2.45, 2.75) is 10.8 Å². The molecule has 1 heterocycles. The molecule has 1 aromatic heterocycles. The van der Waals surface area contributed by atoms with E-state index in [1.54, 1.807) is 24.0 Å². The summed E-state index contributed by atoms with van der Waals surface area (Å²) in [7, 11) is 0. The second-order valence-corrected chi connectivity index (χ2v) is 5.79. The van der Waals surface area contributed by atoms with Gasteiger partial charge in [0.2, 0.25) is 0 Å². The molecule has 0 amide bonds. The zero-order valence-electron chi connectivity index (χ0n) is 8.86. The van der Waals surface area contributed by atoms with Gasteiger partial charge in [-0.25, -0.2) is 4.98 Å². The molecule has 17 heavy (non-hydrogen) atoms. The van der Waals surface area contributed by atoms with Gasteiger partial charge in [-0.3, -0.25) is 0 Å². The van der Waals surface area contributed by atoms with Crippen LogP contribution in [-0.4, -0.2) is 4.98 Å². The number of hydrogen-bond donors (Lipinski definition) is 1. The molecule has 2 N–H and O–H groups in total. The van der Waals surface area contributed by atoms with Gasteiger partial charge in [0.05, 0.1) is 5.03 Å². The highest BCUT2D eigenvalue weighted by molar-refractivity contribution is 9.10. The van der Waals surface area contributed by atoms with E-state index in [0.29, 0.717) is 5.02 Å². The van der Waals surface area contributed by atoms with E-state index in [0.717, 1.165) is 26.5 Å². The van der Waals surface area contributed by atoms with Crippen LogP contribution >= 0.6 is 39.3 Å². The summed E-state index contributed by atoms with van der Waals surface area (Å²) >= 11 is 10.9. The van der Waals surface area contributed by atoms with E-state index in [1.807, 2.05) is 24.3 Å². The van der Waals surface area contributed by atoms with Crippen LogP contribution in [0.1, 0.15) is 5.56 Å². The lowest BCUT2D eigenvalue weighted by molar-refractivity contribution is 1.12. The van der Waals surface area contributed by atoms with Gasteiger partial charge < -0.3 is 5.73 Å². The Morgan fingerprint density at radius 3 is 2.82 bits per heavy atom. The van der Waals surface area contributed by atoms with E-state index in [-0.39, 0.29) is 0 Å². The van der Waals surface area contributed by atoms with Crippen molar-refractivity contribution in [2.24, 2.45) is 0 Å². The number of nitrogen functional groups attached to an aromatic ring is 1. The maximum atomic E-state index is 5.93. The molecule has 2 aromatic rings. The molecule has 0 saturated carbocycles. The summed E-state index contributed by atoms with van der Waals surface area (Å²) in [6, 6.07) is 9.45. The van der Waals surface area contributed by atoms with Gasteiger partial charge in [-0.15, -0.1) is 11.8 Å². The lowest BCUT2D eigenvalue weighted by Gasteiger charge is -2.05. The summed E-state index contributed by atoms with van der Waals surface area (Å²) in [5, 5.41) is 1.67. The van der Waals surface area contributed by atoms with Crippen LogP contribution in [0.25, 0.3) is 0 Å². The molecule has 0 aliphatic heterocycles. The van der Waals surface area contributed by atoms with Gasteiger partial charge >= 0.3 is 0 Å². The van der Waals surface area contributed by atoms with Crippen molar-refractivity contribution in [3.63, 3.8) is 0 Å². The van der Waals surface area contributed by atoms with Crippen LogP contribution in [0.5, 0.6) is 0 Å². The van der Waals surface area contributed by atoms with Crippen molar-refractivity contribution in [1.29, 1.82) is 0 Å². The maximum Gasteiger partial charge on any atom is 0.0963 e. The number of aromatic nitrogens is 1. The second kappa shape index (κ2) is 5.76. The van der Waals surface area contributed by atoms with Crippen molar-refractivity contribution in [3.05, 3.63) is 51.6 Å². The quantitative estimate of drug-likeness (QED) is 0.671. The third-order valence-electron chi connectivity index (χ3n) is 2.18. The summed E-state index contributed by atoms with van der Waals surface area (Å²) in [5.74, 6) is 0.765. The van der Waals surface area contributed by atoms with Crippen LogP contribution in [-0.2, 0) is 5.75 Å². The third kappa shape index (κ3) is 3.63. The van der Waals surface area contributed by atoms with Gasteiger partial charge in [0, 0.05) is 27.1 Å². The zero-order chi connectivity index (χ0) is 12.3. The molecule has 0 fully saturated rings. The first-order chi connectivity index (χ1) is 8.15. The van der Waals surface area contributed by atoms with Crippen molar-refractivity contribution in [1.82, 2.24) is 4.98 Å². The van der Waals surface area contributed by atoms with Gasteiger partial charge in [0.1, 0.15) is 0 Å². The fourth-order valence-electron chi connectivity index (χ4n) is 1.30. The van der Waals surface area contributed by atoms with Crippen molar-refractivity contribution < 1.29 is 0 Å². The van der Waals surface area contributed by atoms with Gasteiger partial charge in [-0.1, -0.05) is 11.6 Å². The molecule has 0 aliphatic rings. The molecular formula is C12H10BrClN2S. The number of anilines is 1. The number of nitrogens with zero attached hydrogens (tertiary/aromatic N) is 1. The van der Waals surface area contributed by atoms with Gasteiger partial charge in [-0.2, -0.15) is 0 Å². The van der Waals surface area contributed by atoms with E-state index in [9.17, 15) is 0 Å². The Bertz CT molecular complexity index is 516. The molecule has 0 saturated heterocycles. The number of hydrogen-bond acceptors (Lipinski definition) is 3. The topological polar surface area (TPSA) is 38.9 Å². The molecule has 0 atom stereocenters. The lowest BCUT2D eigenvalue weighted by atomic mass is 10.2. The molecule has 0 unspecified atom stereocenters. The predicted octanol–water partition coefficient (Wildman–Crippen LogP) is 4.37. The zero-order valence-corrected chi connectivity index (χ0v) is 12.0. The Morgan fingerprint density at radius 1 is 1.29 bits per heavy atom. The van der Waals surface area contributed by atoms with Gasteiger partial charge in [-0.05, 0) is 51.8 Å². The van der Waals surface area contributed by atoms with E-state index >= 15 is 0 Å². The number of thioether (sulfide) groups is 1. The average molecular weight is 330 g/mol. The van der Waals surface area contributed by atoms with Crippen LogP contribution in [0.2, 0.25) is 5.02 Å². The lowest BCUT2D eigenvalue weighted by Crippen LogP contribution is -1.92. The highest BCUT2D eigenvalue weighted by Crippen LogP contribution is 2.26. The first kappa shape index (κ1) is 12.7. The number of benzene rings is 1. The van der Waals surface area contributed by atoms with Crippen LogP contribution in [0, 0.1) is 0 Å². The largest absolute Gasteiger partial charge is 0.398 e. The van der Waals surface area contributed by atoms with Crippen molar-refractivity contribution >= 4 is 45.0 Å². The number of rotatable bonds is 3. The summed E-state index contributed by atoms with van der Waals surface area (Å²) < 4.78 is 0.976. The molecule has 0 aliphatic carbocycles. The normalized spacial score (nSPS) is 10.5. The van der Waals surface area contributed by atoms with E-state index < -0.39 is 0 Å². The second-order valence-electron chi connectivity index (χ2n) is 3.45. The Labute approximate surface area is 118 Å². The molecule has 0 bridgehead atoms. The van der Waals surface area contributed by atoms with Crippen molar-refractivity contribution in [2.75, 3.05) is 5.73 Å². The molecule has 1 aromatic carbocycles. The molecule has 0 spiro atoms. The van der Waals surface area contributed by atoms with Gasteiger partial charge in [0.25, 0.3) is 0 Å². The Kier molecular flexibility index (Phi) is 4.31. The fraction of sp³-hybridized carbons (Fsp3) is 0.0833. The van der Waals surface area contributed by atoms with E-state index in [4.69, 9.17) is 17.3 Å². The molecule has 2 rings (SSSR count). The highest BCUT2D eigenvalue weighted by atomic mass is 79.9. The summed E-state index contributed by atoms with van der Waals surface area (Å²) in [6.45, 7) is 0. The summed E-state index contributed by atoms with van der Waals surface area (Å²) in [5.41, 5.74) is 7.68. The Balaban J connectivity index is 2.07. The molecule has 5 heteroatoms. The monoisotopic (exact) mass is 328 g/mol. The van der Waals surface area contributed by atoms with Gasteiger partial charge in [0.15, 0.2) is 0 Å². The standard InChI is InChI=1S/C12H10BrClN2S/c13-9-1-4-12(16-6-9)17-7-8-5-10(14)2-3-11(8)15/h1-6H,7,15H2. The minimum absolute atomic E-state index is 0.707. The molecule has 2 nitrogen and oxygen atoms in total. The Hall–Kier alpha value is -0.710. The number of pyridine rings is 1. The van der Waals surface area contributed by atoms with Crippen molar-refractivity contribution in [3.8, 4) is 0 Å². The number of halogens is 2. The molecule has 0 radical (unpaired) electrons. The SMILES string of the molecule is Nc1ccc(Cl)cc1CSc1ccc(Br)cn1. The predicted molar refractivity (Wildman–Crippen MR) is 77.4 cm³/mol. The molecule has 88 valence electrons. The van der Waals surface area contributed by atoms with Crippen LogP contribution in [0.3, 0.4) is 0 Å². The minimum Gasteiger partial charge on any atom is -0.398 e. The molecular weight excluding hydrogens is 320 g/mol. The number of nitrogens with two attached hydrogens (primary N) is 1. The summed E-state index contributed by atoms with van der Waals surface area (Å²) in [4.78, 5) is 4.29. The average Bonchev–Trinajstić information content (AvgIpc) is 2.32. The van der Waals surface area contributed by atoms with Crippen LogP contribution in [0.15, 0.2) is 46.0 Å². The highest BCUT2D eigenvalue weighted by Gasteiger charge is 2.02. The van der Waals surface area contributed by atoms with E-state index in [1.165, 1.54) is 0 Å². The maximum absolute atomic E-state index is 5.93. The van der Waals surface area contributed by atoms with Crippen LogP contribution in [0.4, 0.5) is 5.69 Å². The third-order valence-corrected chi connectivity index (χ3v) is 3.88. The summed E-state index contributed by atoms with van der Waals surface area (Å²) in [6.07, 6.45) is 1.78. The fourth-order valence-corrected chi connectivity index (χ4v) is 2.57. The first-order valence-corrected chi connectivity index (χ1v) is 7.09. The van der Waals surface area contributed by atoms with E-state index in [2.05, 4.69) is 20.9 Å². The van der Waals surface area contributed by atoms with Crippen LogP contribution < -0.4 is 5.73 Å². The first-order valence-electron chi connectivity index (χ1n) is 4.93. The Morgan fingerprint density at radius 2 is 2.12 bits per heavy atom. The minimum atomic E-state index is 0.707.